The average Bonchev–Trinajstić information content (AvgIpc) is 1.32. The van der Waals surface area contributed by atoms with Crippen molar-refractivity contribution >= 4 is 357 Å². The number of rotatable bonds is 6. The zero-order valence-electron chi connectivity index (χ0n) is 74.0. The molecule has 6 heterocycles. The Morgan fingerprint density at radius 1 is 0.237 bits per heavy atom. The van der Waals surface area contributed by atoms with Crippen molar-refractivity contribution in [2.45, 2.75) is 166 Å². The maximum absolute atomic E-state index is 10.4. The van der Waals surface area contributed by atoms with Gasteiger partial charge in [0.15, 0.2) is 0 Å². The maximum atomic E-state index is 10.4. The maximum Gasteiger partial charge on any atom is 0.149 e. The van der Waals surface area contributed by atoms with Gasteiger partial charge in [0, 0.05) is 127 Å². The van der Waals surface area contributed by atoms with Gasteiger partial charge in [-0.1, -0.05) is 97.3 Å². The number of hydrogen-bond acceptors (Lipinski definition) is 18. The molecule has 22 rings (SSSR count). The molecule has 18 nitrogen and oxygen atoms in total. The Morgan fingerprint density at radius 3 is 0.820 bits per heavy atom. The van der Waals surface area contributed by atoms with Gasteiger partial charge in [-0.05, 0) is 517 Å². The van der Waals surface area contributed by atoms with Crippen LogP contribution in [0.15, 0.2) is 133 Å². The highest BCUT2D eigenvalue weighted by Crippen LogP contribution is 2.65. The second-order valence-electron chi connectivity index (χ2n) is 36.7. The fourth-order valence-corrected chi connectivity index (χ4v) is 34.5. The summed E-state index contributed by atoms with van der Waals surface area (Å²) in [7, 11) is 0. The molecule has 35 heteroatoms. The molecule has 6 aliphatic heterocycles. The average molecular weight is 3590 g/mol. The molecule has 0 aromatic heterocycles. The van der Waals surface area contributed by atoms with Gasteiger partial charge in [-0.3, -0.25) is 0 Å². The summed E-state index contributed by atoms with van der Waals surface area (Å²) in [6.07, 6.45) is 19.7. The second kappa shape index (κ2) is 45.5. The topological polar surface area (TPSA) is 298 Å². The van der Waals surface area contributed by atoms with Crippen LogP contribution < -0.4 is 28.4 Å². The third kappa shape index (κ3) is 21.7. The lowest BCUT2D eigenvalue weighted by atomic mass is 9.78. The highest BCUT2D eigenvalue weighted by molar-refractivity contribution is 14.1. The summed E-state index contributed by atoms with van der Waals surface area (Å²) in [4.78, 5) is 0. The van der Waals surface area contributed by atoms with Crippen molar-refractivity contribution in [3.63, 3.8) is 0 Å². The summed E-state index contributed by atoms with van der Waals surface area (Å²) in [5.41, 5.74) is 13.4. The van der Waals surface area contributed by atoms with Gasteiger partial charge >= 0.3 is 0 Å². The zero-order valence-corrected chi connectivity index (χ0v) is 108. The third-order valence-electron chi connectivity index (χ3n) is 27.6. The number of benzene rings is 12. The Kier molecular flexibility index (Phi) is 35.6. The SMILES string of the molecule is CC(C)C1c2cc(I)c(O)c(I)c2Oc2c1cc(I)c(O)c2I.CC(C)C1c2ccc(O)cc2Oc2cc(O)ccc21.Oc1c(Br)cc2c(c1Br)Oc1c(cc(Br)c(O)c1Br)C2C1CCCC1.Oc1c(I)cc2c(c1I)Oc1c(cc(I)c(O)c1I)C2C1CCCC1.Oc1cc2c(cc1I)C(C1CCCC1)c1cc(I)c(O)c(I)c1O2.Oc1cc2c(cc1I)C(C1CCCC1)c1ccc(O)c(I)c1O2. The van der Waals surface area contributed by atoms with Crippen LogP contribution in [0.2, 0.25) is 0 Å². The van der Waals surface area contributed by atoms with E-state index in [2.05, 4.69) is 415 Å². The lowest BCUT2D eigenvalue weighted by molar-refractivity contribution is 0.381. The standard InChI is InChI=1S/C18H14Br4O3.C18H14I4O3.C18H15I3O3.C18H16I2O3.C16H12I4O3.C16H16O3/c2*19-10-5-8-12(7-3-1-2-4-7)9-6-11(20)16(24)14(22)18(9)25-17(8)13(21)15(10)23;19-11-5-9-14(7-13(11)22)24-18-10(6-12(20)17(23)16(18)21)15(9)8-3-1-2-4-8;19-12-7-11-15(8-14(12)22)23-18-10(5-6-13(21)17(18)20)16(11)9-3-1-2-4-9;1-5(2)10-6-3-8(17)13(21)11(19)15(6)23-16-7(10)4-9(18)14(22)12(16)20;1-9(2)16-12-5-3-10(17)7-14(12)19-15-8-11(18)4-6-13(15)16/h2*5-7,12,23-24H,1-4H2;5-8,15,22-23H,1-4H2;5-9,16,21-22H,1-4H2;3-5,10,21-22H,1-2H3;3-9,16-18H,1-2H3. The number of ether oxygens (including phenoxy) is 6. The zero-order chi connectivity index (χ0) is 99.5. The number of phenols is 12. The fraction of sp³-hybridized carbons (Fsp3) is 0.308. The number of hydrogen-bond donors (Lipinski definition) is 12. The van der Waals surface area contributed by atoms with E-state index in [9.17, 15) is 61.3 Å². The summed E-state index contributed by atoms with van der Waals surface area (Å²) < 4.78 is 49.3. The summed E-state index contributed by atoms with van der Waals surface area (Å²) in [5, 5.41) is 122. The van der Waals surface area contributed by atoms with Crippen LogP contribution in [0.3, 0.4) is 0 Å². The minimum Gasteiger partial charge on any atom is -0.508 e. The fourth-order valence-electron chi connectivity index (χ4n) is 21.3. The minimum absolute atomic E-state index is 0.116. The summed E-state index contributed by atoms with van der Waals surface area (Å²) >= 11 is 41.9. The van der Waals surface area contributed by atoms with E-state index in [1.165, 1.54) is 107 Å². The molecular weight excluding hydrogens is 3510 g/mol. The Hall–Kier alpha value is -1.55. The summed E-state index contributed by atoms with van der Waals surface area (Å²) in [6.45, 7) is 8.68. The summed E-state index contributed by atoms with van der Waals surface area (Å²) in [6, 6.07) is 35.9. The smallest absolute Gasteiger partial charge is 0.149 e. The molecule has 0 bridgehead atoms. The molecule has 4 saturated carbocycles. The van der Waals surface area contributed by atoms with E-state index in [0.717, 1.165) is 144 Å². The van der Waals surface area contributed by atoms with Crippen molar-refractivity contribution in [1.82, 2.24) is 0 Å². The normalized spacial score (nSPS) is 17.1. The van der Waals surface area contributed by atoms with Crippen LogP contribution in [0, 0.1) is 81.9 Å². The van der Waals surface area contributed by atoms with E-state index >= 15 is 0 Å². The molecule has 2 atom stereocenters. The Morgan fingerprint density at radius 2 is 0.489 bits per heavy atom. The van der Waals surface area contributed by atoms with Crippen LogP contribution in [0.4, 0.5) is 0 Å². The first-order valence-electron chi connectivity index (χ1n) is 44.9. The predicted molar refractivity (Wildman–Crippen MR) is 662 cm³/mol. The first-order chi connectivity index (χ1) is 66.1. The van der Waals surface area contributed by atoms with Crippen LogP contribution >= 0.6 is 357 Å². The molecule has 4 fully saturated rings. The van der Waals surface area contributed by atoms with E-state index in [4.69, 9.17) is 28.4 Å². The molecule has 12 aromatic carbocycles. The lowest BCUT2D eigenvalue weighted by Crippen LogP contribution is -2.19. The predicted octanol–water partition coefficient (Wildman–Crippen LogP) is 37.0. The Bertz CT molecular complexity index is 6540. The molecule has 139 heavy (non-hydrogen) atoms. The van der Waals surface area contributed by atoms with Gasteiger partial charge in [-0.2, -0.15) is 0 Å². The van der Waals surface area contributed by atoms with Crippen LogP contribution in [0.25, 0.3) is 0 Å². The van der Waals surface area contributed by atoms with Gasteiger partial charge in [0.2, 0.25) is 0 Å². The molecule has 4 aliphatic carbocycles. The van der Waals surface area contributed by atoms with Crippen LogP contribution in [0.1, 0.15) is 233 Å². The van der Waals surface area contributed by atoms with Gasteiger partial charge in [0.1, 0.15) is 147 Å². The molecule has 10 aliphatic rings. The van der Waals surface area contributed by atoms with Crippen molar-refractivity contribution in [1.29, 1.82) is 0 Å². The van der Waals surface area contributed by atoms with Crippen molar-refractivity contribution in [3.05, 3.63) is 246 Å². The molecule has 12 N–H and O–H groups in total. The number of phenolic OH excluding ortho intramolecular Hbond substituents is 12. The first kappa shape index (κ1) is 109. The number of aromatic hydroxyl groups is 12. The van der Waals surface area contributed by atoms with Crippen LogP contribution in [-0.2, 0) is 0 Å². The number of fused-ring (bicyclic) bond motifs is 12. The molecule has 0 saturated heterocycles. The Balaban J connectivity index is 0.000000115. The van der Waals surface area contributed by atoms with E-state index in [1.807, 2.05) is 42.5 Å². The van der Waals surface area contributed by atoms with Crippen molar-refractivity contribution < 1.29 is 89.7 Å². The van der Waals surface area contributed by atoms with Gasteiger partial charge in [0.05, 0.1) is 55.4 Å². The van der Waals surface area contributed by atoms with Gasteiger partial charge in [-0.15, -0.1) is 0 Å². The minimum atomic E-state index is 0.116. The molecule has 0 radical (unpaired) electrons. The van der Waals surface area contributed by atoms with Crippen LogP contribution in [-0.4, -0.2) is 61.3 Å². The highest BCUT2D eigenvalue weighted by Gasteiger charge is 2.45. The van der Waals surface area contributed by atoms with E-state index in [-0.39, 0.29) is 105 Å². The quantitative estimate of drug-likeness (QED) is 0.0689. The highest BCUT2D eigenvalue weighted by atomic mass is 127. The number of halogens is 17. The lowest BCUT2D eigenvalue weighted by Gasteiger charge is -2.34. The molecule has 0 spiro atoms. The first-order valence-corrected chi connectivity index (χ1v) is 62.1. The van der Waals surface area contributed by atoms with Gasteiger partial charge in [0.25, 0.3) is 0 Å². The van der Waals surface area contributed by atoms with Crippen molar-refractivity contribution in [3.8, 4) is 138 Å². The van der Waals surface area contributed by atoms with Gasteiger partial charge < -0.3 is 89.7 Å². The van der Waals surface area contributed by atoms with E-state index in [1.54, 1.807) is 42.5 Å². The molecule has 730 valence electrons. The second-order valence-corrected chi connectivity index (χ2v) is 54.6. The third-order valence-corrected chi connectivity index (χ3v) is 42.2. The Labute approximate surface area is 1020 Å². The summed E-state index contributed by atoms with van der Waals surface area (Å²) in [5.74, 6) is 15.4. The van der Waals surface area contributed by atoms with E-state index < -0.39 is 0 Å². The molecule has 2 unspecified atom stereocenters. The molecule has 0 amide bonds. The van der Waals surface area contributed by atoms with Crippen molar-refractivity contribution in [2.75, 3.05) is 0 Å². The van der Waals surface area contributed by atoms with Gasteiger partial charge in [-0.25, -0.2) is 0 Å². The monoisotopic (exact) mass is 3590 g/mol. The van der Waals surface area contributed by atoms with Crippen LogP contribution in [0.5, 0.6) is 138 Å². The van der Waals surface area contributed by atoms with E-state index in [0.29, 0.717) is 87.9 Å². The molecule has 12 aromatic rings. The molecular formula is C104H87Br4I13O18. The largest absolute Gasteiger partial charge is 0.508 e. The van der Waals surface area contributed by atoms with Crippen molar-refractivity contribution in [2.24, 2.45) is 35.5 Å².